The monoisotopic (exact) mass is 472 g/mol. The van der Waals surface area contributed by atoms with Gasteiger partial charge in [-0.25, -0.2) is 4.79 Å². The molecule has 0 atom stereocenters. The van der Waals surface area contributed by atoms with Gasteiger partial charge >= 0.3 is 5.97 Å². The molecular weight excluding hydrogens is 452 g/mol. The van der Waals surface area contributed by atoms with Crippen molar-refractivity contribution < 1.29 is 19.1 Å². The van der Waals surface area contributed by atoms with Gasteiger partial charge in [0.1, 0.15) is 12.4 Å². The van der Waals surface area contributed by atoms with Crippen molar-refractivity contribution in [3.8, 4) is 5.75 Å². The molecule has 0 radical (unpaired) electrons. The minimum absolute atomic E-state index is 0.0631. The van der Waals surface area contributed by atoms with Gasteiger partial charge in [-0.3, -0.25) is 9.36 Å². The molecule has 32 heavy (non-hydrogen) atoms. The first-order chi connectivity index (χ1) is 15.5. The molecule has 3 aromatic rings. The number of benzene rings is 2. The van der Waals surface area contributed by atoms with Crippen LogP contribution in [-0.2, 0) is 22.7 Å². The van der Waals surface area contributed by atoms with Gasteiger partial charge < -0.3 is 14.8 Å². The lowest BCUT2D eigenvalue weighted by Gasteiger charge is -2.10. The maximum absolute atomic E-state index is 12.5. The molecule has 3 rings (SSSR count). The summed E-state index contributed by atoms with van der Waals surface area (Å²) < 4.78 is 12.3. The van der Waals surface area contributed by atoms with E-state index in [1.807, 2.05) is 34.9 Å². The van der Waals surface area contributed by atoms with Crippen molar-refractivity contribution in [3.05, 3.63) is 77.6 Å². The van der Waals surface area contributed by atoms with Crippen LogP contribution >= 0.6 is 23.4 Å². The second-order valence-corrected chi connectivity index (χ2v) is 7.77. The summed E-state index contributed by atoms with van der Waals surface area (Å²) in [4.78, 5) is 24.2. The summed E-state index contributed by atoms with van der Waals surface area (Å²) in [7, 11) is 1.28. The molecule has 0 aliphatic carbocycles. The average molecular weight is 473 g/mol. The number of esters is 1. The van der Waals surface area contributed by atoms with E-state index in [2.05, 4.69) is 22.1 Å². The maximum atomic E-state index is 12.5. The fourth-order valence-electron chi connectivity index (χ4n) is 2.69. The van der Waals surface area contributed by atoms with Gasteiger partial charge in [0.2, 0.25) is 5.91 Å². The van der Waals surface area contributed by atoms with Gasteiger partial charge in [-0.05, 0) is 30.3 Å². The minimum atomic E-state index is -0.519. The number of allylic oxidation sites excluding steroid dienone is 1. The summed E-state index contributed by atoms with van der Waals surface area (Å²) in [6.07, 6.45) is 1.72. The number of anilines is 1. The van der Waals surface area contributed by atoms with Crippen LogP contribution in [0, 0.1) is 0 Å². The van der Waals surface area contributed by atoms with Crippen LogP contribution in [0.15, 0.2) is 66.3 Å². The number of carbonyl (C=O) groups is 2. The topological polar surface area (TPSA) is 95.3 Å². The molecule has 166 valence electrons. The van der Waals surface area contributed by atoms with E-state index in [-0.39, 0.29) is 23.8 Å². The van der Waals surface area contributed by atoms with Gasteiger partial charge in [-0.15, -0.1) is 16.8 Å². The third-order valence-corrected chi connectivity index (χ3v) is 5.51. The van der Waals surface area contributed by atoms with Crippen LogP contribution in [0.3, 0.4) is 0 Å². The van der Waals surface area contributed by atoms with E-state index in [0.29, 0.717) is 28.2 Å². The van der Waals surface area contributed by atoms with Crippen molar-refractivity contribution in [2.45, 2.75) is 18.3 Å². The van der Waals surface area contributed by atoms with Crippen molar-refractivity contribution >= 4 is 40.9 Å². The first kappa shape index (κ1) is 23.4. The lowest BCUT2D eigenvalue weighted by molar-refractivity contribution is -0.113. The molecular formula is C22H21ClN4O4S. The fourth-order valence-corrected chi connectivity index (χ4v) is 3.62. The molecule has 1 N–H and O–H groups in total. The Labute approximate surface area is 194 Å². The van der Waals surface area contributed by atoms with Crippen LogP contribution in [0.1, 0.15) is 16.2 Å². The molecule has 0 saturated heterocycles. The predicted octanol–water partition coefficient (Wildman–Crippen LogP) is 4.21. The number of methoxy groups -OCH3 is 1. The lowest BCUT2D eigenvalue weighted by atomic mass is 10.2. The maximum Gasteiger partial charge on any atom is 0.337 e. The highest BCUT2D eigenvalue weighted by atomic mass is 35.5. The van der Waals surface area contributed by atoms with Gasteiger partial charge in [0, 0.05) is 6.54 Å². The summed E-state index contributed by atoms with van der Waals surface area (Å²) in [5.74, 6) is 0.572. The highest BCUT2D eigenvalue weighted by molar-refractivity contribution is 7.99. The van der Waals surface area contributed by atoms with Gasteiger partial charge in [0.05, 0.1) is 29.1 Å². The molecule has 1 heterocycles. The molecule has 0 unspecified atom stereocenters. The van der Waals surface area contributed by atoms with Crippen LogP contribution < -0.4 is 10.1 Å². The van der Waals surface area contributed by atoms with Gasteiger partial charge in [-0.2, -0.15) is 0 Å². The molecule has 1 amide bonds. The van der Waals surface area contributed by atoms with E-state index < -0.39 is 5.97 Å². The highest BCUT2D eigenvalue weighted by Crippen LogP contribution is 2.25. The van der Waals surface area contributed by atoms with Crippen molar-refractivity contribution in [1.29, 1.82) is 0 Å². The Morgan fingerprint density at radius 1 is 1.22 bits per heavy atom. The molecule has 2 aromatic carbocycles. The molecule has 8 nitrogen and oxygen atoms in total. The number of aromatic nitrogens is 3. The van der Waals surface area contributed by atoms with E-state index in [1.165, 1.54) is 37.1 Å². The van der Waals surface area contributed by atoms with E-state index in [9.17, 15) is 9.59 Å². The number of hydrogen-bond acceptors (Lipinski definition) is 7. The summed E-state index contributed by atoms with van der Waals surface area (Å²) in [6.45, 7) is 4.47. The Bertz CT molecular complexity index is 1100. The normalized spacial score (nSPS) is 10.4. The molecule has 1 aromatic heterocycles. The Balaban J connectivity index is 1.63. The zero-order valence-electron chi connectivity index (χ0n) is 17.3. The number of amides is 1. The van der Waals surface area contributed by atoms with Gasteiger partial charge in [-0.1, -0.05) is 47.6 Å². The first-order valence-electron chi connectivity index (χ1n) is 9.53. The Hall–Kier alpha value is -3.30. The number of hydrogen-bond donors (Lipinski definition) is 1. The largest absolute Gasteiger partial charge is 0.486 e. The van der Waals surface area contributed by atoms with Crippen LogP contribution in [-0.4, -0.2) is 39.5 Å². The second-order valence-electron chi connectivity index (χ2n) is 6.42. The Kier molecular flexibility index (Phi) is 8.29. The zero-order chi connectivity index (χ0) is 22.9. The number of para-hydroxylation sites is 1. The molecule has 0 saturated carbocycles. The highest BCUT2D eigenvalue weighted by Gasteiger charge is 2.16. The number of rotatable bonds is 10. The summed E-state index contributed by atoms with van der Waals surface area (Å²) >= 11 is 7.35. The molecule has 10 heteroatoms. The molecule has 0 spiro atoms. The van der Waals surface area contributed by atoms with Crippen LogP contribution in [0.4, 0.5) is 5.69 Å². The van der Waals surface area contributed by atoms with Crippen molar-refractivity contribution in [3.63, 3.8) is 0 Å². The average Bonchev–Trinajstić information content (AvgIpc) is 3.19. The van der Waals surface area contributed by atoms with Crippen molar-refractivity contribution in [2.75, 3.05) is 18.2 Å². The van der Waals surface area contributed by atoms with Crippen molar-refractivity contribution in [1.82, 2.24) is 14.8 Å². The number of nitrogens with one attached hydrogen (secondary N) is 1. The zero-order valence-corrected chi connectivity index (χ0v) is 18.9. The third-order valence-electron chi connectivity index (χ3n) is 4.21. The van der Waals surface area contributed by atoms with Crippen molar-refractivity contribution in [2.24, 2.45) is 0 Å². The third kappa shape index (κ3) is 6.12. The molecule has 0 aliphatic rings. The second kappa shape index (κ2) is 11.4. The van der Waals surface area contributed by atoms with E-state index >= 15 is 0 Å². The lowest BCUT2D eigenvalue weighted by Crippen LogP contribution is -2.16. The number of carbonyl (C=O) groups excluding carboxylic acids is 2. The number of thioether (sulfide) groups is 1. The molecule has 0 bridgehead atoms. The Morgan fingerprint density at radius 3 is 2.72 bits per heavy atom. The van der Waals surface area contributed by atoms with Crippen LogP contribution in [0.5, 0.6) is 5.75 Å². The molecule has 0 fully saturated rings. The minimum Gasteiger partial charge on any atom is -0.486 e. The van der Waals surface area contributed by atoms with Gasteiger partial charge in [0.15, 0.2) is 11.0 Å². The summed E-state index contributed by atoms with van der Waals surface area (Å²) in [5, 5.41) is 11.9. The first-order valence-corrected chi connectivity index (χ1v) is 10.9. The standard InChI is InChI=1S/C22H21ClN4O4S/c1-3-11-27-19(13-31-16-7-5-4-6-8-16)25-26-22(27)32-14-20(28)24-18-12-15(21(29)30-2)9-10-17(18)23/h3-10,12H,1,11,13-14H2,2H3,(H,24,28). The van der Waals surface area contributed by atoms with Gasteiger partial charge in [0.25, 0.3) is 0 Å². The van der Waals surface area contributed by atoms with E-state index in [1.54, 1.807) is 6.08 Å². The fraction of sp³-hybridized carbons (Fsp3) is 0.182. The quantitative estimate of drug-likeness (QED) is 0.268. The van der Waals surface area contributed by atoms with E-state index in [4.69, 9.17) is 21.1 Å². The smallest absolute Gasteiger partial charge is 0.337 e. The van der Waals surface area contributed by atoms with E-state index in [0.717, 1.165) is 5.75 Å². The predicted molar refractivity (Wildman–Crippen MR) is 123 cm³/mol. The molecule has 0 aliphatic heterocycles. The number of halogens is 1. The Morgan fingerprint density at radius 2 is 2.00 bits per heavy atom. The number of ether oxygens (including phenoxy) is 2. The summed E-state index contributed by atoms with van der Waals surface area (Å²) in [5.41, 5.74) is 0.610. The van der Waals surface area contributed by atoms with Crippen LogP contribution in [0.25, 0.3) is 0 Å². The number of nitrogens with zero attached hydrogens (tertiary/aromatic N) is 3. The van der Waals surface area contributed by atoms with Crippen LogP contribution in [0.2, 0.25) is 5.02 Å². The SMILES string of the molecule is C=CCn1c(COc2ccccc2)nnc1SCC(=O)Nc1cc(C(=O)OC)ccc1Cl. The summed E-state index contributed by atoms with van der Waals surface area (Å²) in [6, 6.07) is 13.9.